The molecule has 2 saturated heterocycles. The first kappa shape index (κ1) is 23.0. The molecule has 0 spiro atoms. The lowest BCUT2D eigenvalue weighted by Gasteiger charge is -2.42. The SMILES string of the molecule is CCCC1(C)CCCN(C(=NC)NCCCOCC2CCOC2)C1.I. The highest BCUT2D eigenvalue weighted by atomic mass is 127. The van der Waals surface area contributed by atoms with Crippen molar-refractivity contribution in [1.29, 1.82) is 0 Å². The summed E-state index contributed by atoms with van der Waals surface area (Å²) in [6.45, 7) is 11.3. The van der Waals surface area contributed by atoms with Crippen LogP contribution in [0.2, 0.25) is 0 Å². The molecule has 2 unspecified atom stereocenters. The molecular formula is C19H38IN3O2. The van der Waals surface area contributed by atoms with Crippen molar-refractivity contribution >= 4 is 29.9 Å². The molecule has 0 aromatic rings. The number of nitrogens with one attached hydrogen (secondary N) is 1. The maximum atomic E-state index is 5.77. The van der Waals surface area contributed by atoms with Crippen LogP contribution >= 0.6 is 24.0 Å². The number of hydrogen-bond acceptors (Lipinski definition) is 3. The van der Waals surface area contributed by atoms with Crippen LogP contribution in [-0.4, -0.2) is 64.0 Å². The summed E-state index contributed by atoms with van der Waals surface area (Å²) in [5.74, 6) is 1.66. The first-order chi connectivity index (χ1) is 11.7. The summed E-state index contributed by atoms with van der Waals surface area (Å²) in [5.41, 5.74) is 0.442. The molecule has 2 atom stereocenters. The summed E-state index contributed by atoms with van der Waals surface area (Å²) in [5, 5.41) is 3.52. The van der Waals surface area contributed by atoms with Crippen LogP contribution in [0.4, 0.5) is 0 Å². The highest BCUT2D eigenvalue weighted by molar-refractivity contribution is 14.0. The van der Waals surface area contributed by atoms with Gasteiger partial charge in [0.05, 0.1) is 13.2 Å². The predicted molar refractivity (Wildman–Crippen MR) is 115 cm³/mol. The molecule has 1 N–H and O–H groups in total. The summed E-state index contributed by atoms with van der Waals surface area (Å²) >= 11 is 0. The summed E-state index contributed by atoms with van der Waals surface area (Å²) < 4.78 is 11.1. The van der Waals surface area contributed by atoms with E-state index >= 15 is 0 Å². The minimum absolute atomic E-state index is 0. The summed E-state index contributed by atoms with van der Waals surface area (Å²) in [6.07, 6.45) is 7.35. The molecule has 2 aliphatic heterocycles. The third-order valence-corrected chi connectivity index (χ3v) is 5.27. The van der Waals surface area contributed by atoms with Gasteiger partial charge in [-0.1, -0.05) is 20.3 Å². The first-order valence-corrected chi connectivity index (χ1v) is 9.78. The monoisotopic (exact) mass is 467 g/mol. The molecular weight excluding hydrogens is 429 g/mol. The zero-order chi connectivity index (χ0) is 17.3. The number of nitrogens with zero attached hydrogens (tertiary/aromatic N) is 2. The Morgan fingerprint density at radius 2 is 2.28 bits per heavy atom. The predicted octanol–water partition coefficient (Wildman–Crippen LogP) is 3.53. The third kappa shape index (κ3) is 7.99. The standard InChI is InChI=1S/C19H37N3O2.HI/c1-4-8-19(2)9-5-11-22(16-19)18(20-3)21-10-6-12-23-14-17-7-13-24-15-17;/h17H,4-16H2,1-3H3,(H,20,21);1H. The molecule has 2 aliphatic rings. The zero-order valence-electron chi connectivity index (χ0n) is 16.4. The topological polar surface area (TPSA) is 46.1 Å². The molecule has 0 aromatic carbocycles. The van der Waals surface area contributed by atoms with Crippen molar-refractivity contribution < 1.29 is 9.47 Å². The molecule has 2 rings (SSSR count). The average Bonchev–Trinajstić information content (AvgIpc) is 3.07. The average molecular weight is 467 g/mol. The number of piperidine rings is 1. The van der Waals surface area contributed by atoms with Crippen molar-refractivity contribution in [3.63, 3.8) is 0 Å². The first-order valence-electron chi connectivity index (χ1n) is 9.78. The van der Waals surface area contributed by atoms with Gasteiger partial charge in [0.15, 0.2) is 5.96 Å². The molecule has 5 nitrogen and oxygen atoms in total. The zero-order valence-corrected chi connectivity index (χ0v) is 18.7. The molecule has 0 amide bonds. The Labute approximate surface area is 171 Å². The van der Waals surface area contributed by atoms with Gasteiger partial charge in [0.1, 0.15) is 0 Å². The minimum Gasteiger partial charge on any atom is -0.381 e. The van der Waals surface area contributed by atoms with Gasteiger partial charge in [-0.05, 0) is 37.5 Å². The maximum absolute atomic E-state index is 5.77. The van der Waals surface area contributed by atoms with E-state index in [1.165, 1.54) is 25.7 Å². The molecule has 0 bridgehead atoms. The molecule has 2 heterocycles. The van der Waals surface area contributed by atoms with E-state index in [1.807, 2.05) is 7.05 Å². The molecule has 0 saturated carbocycles. The second-order valence-electron chi connectivity index (χ2n) is 7.72. The molecule has 25 heavy (non-hydrogen) atoms. The van der Waals surface area contributed by atoms with E-state index in [0.29, 0.717) is 11.3 Å². The number of aliphatic imine (C=N–C) groups is 1. The Kier molecular flexibility index (Phi) is 11.3. The van der Waals surface area contributed by atoms with Crippen LogP contribution in [0.15, 0.2) is 4.99 Å². The van der Waals surface area contributed by atoms with Crippen LogP contribution in [0.1, 0.15) is 52.4 Å². The van der Waals surface area contributed by atoms with Crippen LogP contribution in [0, 0.1) is 11.3 Å². The summed E-state index contributed by atoms with van der Waals surface area (Å²) in [7, 11) is 1.89. The lowest BCUT2D eigenvalue weighted by molar-refractivity contribution is 0.0885. The lowest BCUT2D eigenvalue weighted by Crippen LogP contribution is -2.50. The fraction of sp³-hybridized carbons (Fsp3) is 0.947. The van der Waals surface area contributed by atoms with Gasteiger partial charge in [-0.15, -0.1) is 24.0 Å². The molecule has 2 fully saturated rings. The summed E-state index contributed by atoms with van der Waals surface area (Å²) in [4.78, 5) is 6.93. The fourth-order valence-corrected chi connectivity index (χ4v) is 3.98. The highest BCUT2D eigenvalue weighted by Gasteiger charge is 2.31. The molecule has 148 valence electrons. The minimum atomic E-state index is 0. The highest BCUT2D eigenvalue weighted by Crippen LogP contribution is 2.33. The number of likely N-dealkylation sites (tertiary alicyclic amines) is 1. The maximum Gasteiger partial charge on any atom is 0.193 e. The van der Waals surface area contributed by atoms with Crippen molar-refractivity contribution in [3.05, 3.63) is 0 Å². The van der Waals surface area contributed by atoms with Crippen molar-refractivity contribution in [3.8, 4) is 0 Å². The molecule has 6 heteroatoms. The summed E-state index contributed by atoms with van der Waals surface area (Å²) in [6, 6.07) is 0. The Morgan fingerprint density at radius 3 is 2.96 bits per heavy atom. The van der Waals surface area contributed by atoms with E-state index in [1.54, 1.807) is 0 Å². The molecule has 0 aliphatic carbocycles. The number of halogens is 1. The van der Waals surface area contributed by atoms with Gasteiger partial charge in [0, 0.05) is 45.8 Å². The van der Waals surface area contributed by atoms with Crippen molar-refractivity contribution in [2.75, 3.05) is 53.1 Å². The lowest BCUT2D eigenvalue weighted by atomic mass is 9.78. The molecule has 0 radical (unpaired) electrons. The van der Waals surface area contributed by atoms with Gasteiger partial charge < -0.3 is 19.7 Å². The van der Waals surface area contributed by atoms with Crippen molar-refractivity contribution in [1.82, 2.24) is 10.2 Å². The number of ether oxygens (including phenoxy) is 2. The Bertz CT molecular complexity index is 385. The number of rotatable bonds is 8. The second kappa shape index (κ2) is 12.3. The van der Waals surface area contributed by atoms with E-state index in [0.717, 1.165) is 64.9 Å². The van der Waals surface area contributed by atoms with Crippen molar-refractivity contribution in [2.45, 2.75) is 52.4 Å². The van der Waals surface area contributed by atoms with Crippen LogP contribution in [-0.2, 0) is 9.47 Å². The van der Waals surface area contributed by atoms with E-state index < -0.39 is 0 Å². The van der Waals surface area contributed by atoms with Gasteiger partial charge in [-0.3, -0.25) is 4.99 Å². The Hall–Kier alpha value is -0.0800. The van der Waals surface area contributed by atoms with Gasteiger partial charge >= 0.3 is 0 Å². The quantitative estimate of drug-likeness (QED) is 0.257. The number of hydrogen-bond donors (Lipinski definition) is 1. The van der Waals surface area contributed by atoms with E-state index in [2.05, 4.69) is 29.1 Å². The Balaban J connectivity index is 0.00000312. The Morgan fingerprint density at radius 1 is 1.44 bits per heavy atom. The molecule has 0 aromatic heterocycles. The van der Waals surface area contributed by atoms with E-state index in [4.69, 9.17) is 9.47 Å². The largest absolute Gasteiger partial charge is 0.381 e. The second-order valence-corrected chi connectivity index (χ2v) is 7.72. The van der Waals surface area contributed by atoms with Crippen LogP contribution in [0.3, 0.4) is 0 Å². The fourth-order valence-electron chi connectivity index (χ4n) is 3.98. The van der Waals surface area contributed by atoms with Crippen LogP contribution in [0.25, 0.3) is 0 Å². The smallest absolute Gasteiger partial charge is 0.193 e. The van der Waals surface area contributed by atoms with Gasteiger partial charge in [0.25, 0.3) is 0 Å². The van der Waals surface area contributed by atoms with Crippen LogP contribution < -0.4 is 5.32 Å². The van der Waals surface area contributed by atoms with Gasteiger partial charge in [0.2, 0.25) is 0 Å². The van der Waals surface area contributed by atoms with Gasteiger partial charge in [-0.2, -0.15) is 0 Å². The van der Waals surface area contributed by atoms with E-state index in [9.17, 15) is 0 Å². The third-order valence-electron chi connectivity index (χ3n) is 5.27. The number of guanidine groups is 1. The van der Waals surface area contributed by atoms with Crippen LogP contribution in [0.5, 0.6) is 0 Å². The normalized spacial score (nSPS) is 27.2. The van der Waals surface area contributed by atoms with Gasteiger partial charge in [-0.25, -0.2) is 0 Å². The van der Waals surface area contributed by atoms with Crippen molar-refractivity contribution in [2.24, 2.45) is 16.3 Å². The van der Waals surface area contributed by atoms with E-state index in [-0.39, 0.29) is 24.0 Å².